The maximum absolute atomic E-state index is 10.5. The second-order valence-electron chi connectivity index (χ2n) is 4.57. The second kappa shape index (κ2) is 5.58. The number of carbonyl (C=O) groups is 1. The van der Waals surface area contributed by atoms with Gasteiger partial charge >= 0.3 is 0 Å². The molecule has 0 aliphatic carbocycles. The third kappa shape index (κ3) is 3.29. The van der Waals surface area contributed by atoms with Gasteiger partial charge in [-0.05, 0) is 19.8 Å². The summed E-state index contributed by atoms with van der Waals surface area (Å²) in [6.07, 6.45) is 3.88. The minimum absolute atomic E-state index is 0.351. The van der Waals surface area contributed by atoms with Crippen molar-refractivity contribution in [2.75, 3.05) is 11.4 Å². The second-order valence-corrected chi connectivity index (χ2v) is 4.57. The molecule has 4 heteroatoms. The van der Waals surface area contributed by atoms with E-state index in [0.29, 0.717) is 23.5 Å². The molecule has 0 aliphatic rings. The Bertz CT molecular complexity index is 333. The minimum Gasteiger partial charge on any atom is -0.338 e. The average molecular weight is 221 g/mol. The number of hydrogen-bond acceptors (Lipinski definition) is 4. The van der Waals surface area contributed by atoms with Gasteiger partial charge in [-0.15, -0.1) is 0 Å². The molecule has 0 bridgehead atoms. The lowest BCUT2D eigenvalue weighted by Gasteiger charge is -2.28. The molecule has 0 saturated carbocycles. The normalized spacial score (nSPS) is 10.9. The van der Waals surface area contributed by atoms with Crippen LogP contribution in [-0.4, -0.2) is 28.8 Å². The predicted octanol–water partition coefficient (Wildman–Crippen LogP) is 2.16. The van der Waals surface area contributed by atoms with Crippen LogP contribution in [0.25, 0.3) is 0 Å². The lowest BCUT2D eigenvalue weighted by molar-refractivity contribution is 0.112. The molecule has 0 radical (unpaired) electrons. The largest absolute Gasteiger partial charge is 0.338 e. The Hall–Kier alpha value is -1.45. The van der Waals surface area contributed by atoms with E-state index in [4.69, 9.17) is 0 Å². The van der Waals surface area contributed by atoms with Gasteiger partial charge in [0.05, 0.1) is 5.56 Å². The summed E-state index contributed by atoms with van der Waals surface area (Å²) in [5.74, 6) is 1.24. The Morgan fingerprint density at radius 1 is 1.25 bits per heavy atom. The summed E-state index contributed by atoms with van der Waals surface area (Å²) in [7, 11) is 0. The van der Waals surface area contributed by atoms with Crippen LogP contribution >= 0.6 is 0 Å². The summed E-state index contributed by atoms with van der Waals surface area (Å²) in [6.45, 7) is 9.46. The number of anilines is 1. The van der Waals surface area contributed by atoms with Gasteiger partial charge in [0.25, 0.3) is 0 Å². The van der Waals surface area contributed by atoms with Crippen molar-refractivity contribution >= 4 is 12.2 Å². The van der Waals surface area contributed by atoms with Crippen LogP contribution in [0.2, 0.25) is 0 Å². The molecular weight excluding hydrogens is 202 g/mol. The predicted molar refractivity (Wildman–Crippen MR) is 64.7 cm³/mol. The van der Waals surface area contributed by atoms with E-state index >= 15 is 0 Å². The van der Waals surface area contributed by atoms with E-state index in [0.717, 1.165) is 12.8 Å². The van der Waals surface area contributed by atoms with E-state index in [9.17, 15) is 4.79 Å². The van der Waals surface area contributed by atoms with Crippen LogP contribution in [-0.2, 0) is 0 Å². The molecular formula is C12H19N3O. The smallest absolute Gasteiger partial charge is 0.225 e. The molecule has 0 amide bonds. The van der Waals surface area contributed by atoms with Crippen molar-refractivity contribution in [2.24, 2.45) is 5.92 Å². The molecule has 1 heterocycles. The van der Waals surface area contributed by atoms with Crippen LogP contribution in [0.5, 0.6) is 0 Å². The number of aromatic nitrogens is 2. The van der Waals surface area contributed by atoms with Gasteiger partial charge in [0, 0.05) is 25.0 Å². The van der Waals surface area contributed by atoms with Gasteiger partial charge < -0.3 is 4.90 Å². The highest BCUT2D eigenvalue weighted by atomic mass is 16.1. The van der Waals surface area contributed by atoms with Crippen LogP contribution in [0.1, 0.15) is 38.1 Å². The van der Waals surface area contributed by atoms with Crippen LogP contribution in [0.3, 0.4) is 0 Å². The van der Waals surface area contributed by atoms with E-state index in [1.165, 1.54) is 0 Å². The first kappa shape index (κ1) is 12.6. The first-order chi connectivity index (χ1) is 7.54. The van der Waals surface area contributed by atoms with Gasteiger partial charge in [-0.2, -0.15) is 0 Å². The lowest BCUT2D eigenvalue weighted by Crippen LogP contribution is -2.35. The van der Waals surface area contributed by atoms with Crippen molar-refractivity contribution in [1.29, 1.82) is 0 Å². The van der Waals surface area contributed by atoms with Gasteiger partial charge in [-0.1, -0.05) is 13.8 Å². The standard InChI is InChI=1S/C12H19N3O/c1-9(2)7-15(10(3)4)12-13-5-11(8-16)6-14-12/h5-6,8-10H,7H2,1-4H3. The van der Waals surface area contributed by atoms with Crippen LogP contribution in [0.15, 0.2) is 12.4 Å². The molecule has 88 valence electrons. The van der Waals surface area contributed by atoms with E-state index in [1.807, 2.05) is 0 Å². The monoisotopic (exact) mass is 221 g/mol. The highest BCUT2D eigenvalue weighted by Crippen LogP contribution is 2.12. The zero-order chi connectivity index (χ0) is 12.1. The minimum atomic E-state index is 0.351. The Balaban J connectivity index is 2.88. The summed E-state index contributed by atoms with van der Waals surface area (Å²) >= 11 is 0. The molecule has 4 nitrogen and oxygen atoms in total. The first-order valence-corrected chi connectivity index (χ1v) is 5.58. The van der Waals surface area contributed by atoms with Crippen molar-refractivity contribution < 1.29 is 4.79 Å². The quantitative estimate of drug-likeness (QED) is 0.715. The molecule has 1 aromatic heterocycles. The molecule has 0 saturated heterocycles. The maximum Gasteiger partial charge on any atom is 0.225 e. The zero-order valence-electron chi connectivity index (χ0n) is 10.3. The fourth-order valence-electron chi connectivity index (χ4n) is 1.46. The molecule has 0 fully saturated rings. The number of aldehydes is 1. The third-order valence-corrected chi connectivity index (χ3v) is 2.24. The summed E-state index contributed by atoms with van der Waals surface area (Å²) in [5.41, 5.74) is 0.511. The molecule has 0 unspecified atom stereocenters. The molecule has 1 rings (SSSR count). The van der Waals surface area contributed by atoms with E-state index in [-0.39, 0.29) is 0 Å². The summed E-state index contributed by atoms with van der Waals surface area (Å²) in [6, 6.07) is 0.351. The van der Waals surface area contributed by atoms with Crippen molar-refractivity contribution in [3.05, 3.63) is 18.0 Å². The molecule has 0 atom stereocenters. The fraction of sp³-hybridized carbons (Fsp3) is 0.583. The Kier molecular flexibility index (Phi) is 4.40. The zero-order valence-corrected chi connectivity index (χ0v) is 10.3. The van der Waals surface area contributed by atoms with Gasteiger partial charge in [-0.25, -0.2) is 9.97 Å². The van der Waals surface area contributed by atoms with Crippen LogP contribution in [0, 0.1) is 5.92 Å². The molecule has 0 N–H and O–H groups in total. The Morgan fingerprint density at radius 2 is 1.81 bits per heavy atom. The van der Waals surface area contributed by atoms with E-state index in [1.54, 1.807) is 12.4 Å². The highest BCUT2D eigenvalue weighted by Gasteiger charge is 2.14. The summed E-state index contributed by atoms with van der Waals surface area (Å²) in [5, 5.41) is 0. The SMILES string of the molecule is CC(C)CN(c1ncc(C=O)cn1)C(C)C. The topological polar surface area (TPSA) is 46.1 Å². The highest BCUT2D eigenvalue weighted by molar-refractivity contribution is 5.73. The Labute approximate surface area is 96.7 Å². The third-order valence-electron chi connectivity index (χ3n) is 2.24. The average Bonchev–Trinajstić information content (AvgIpc) is 2.25. The molecule has 0 aliphatic heterocycles. The van der Waals surface area contributed by atoms with E-state index < -0.39 is 0 Å². The van der Waals surface area contributed by atoms with Crippen molar-refractivity contribution in [3.63, 3.8) is 0 Å². The number of carbonyl (C=O) groups excluding carboxylic acids is 1. The number of hydrogen-bond donors (Lipinski definition) is 0. The number of rotatable bonds is 5. The molecule has 0 aromatic carbocycles. The summed E-state index contributed by atoms with van der Waals surface area (Å²) < 4.78 is 0. The fourth-order valence-corrected chi connectivity index (χ4v) is 1.46. The first-order valence-electron chi connectivity index (χ1n) is 5.58. The van der Waals surface area contributed by atoms with Crippen molar-refractivity contribution in [2.45, 2.75) is 33.7 Å². The lowest BCUT2D eigenvalue weighted by atomic mass is 10.2. The Morgan fingerprint density at radius 3 is 2.19 bits per heavy atom. The molecule has 16 heavy (non-hydrogen) atoms. The van der Waals surface area contributed by atoms with Crippen LogP contribution < -0.4 is 4.90 Å². The van der Waals surface area contributed by atoms with Crippen LogP contribution in [0.4, 0.5) is 5.95 Å². The summed E-state index contributed by atoms with van der Waals surface area (Å²) in [4.78, 5) is 21.1. The van der Waals surface area contributed by atoms with Crippen molar-refractivity contribution in [3.8, 4) is 0 Å². The van der Waals surface area contributed by atoms with Gasteiger partial charge in [0.2, 0.25) is 5.95 Å². The van der Waals surface area contributed by atoms with Gasteiger partial charge in [0.1, 0.15) is 0 Å². The molecule has 0 spiro atoms. The van der Waals surface area contributed by atoms with Gasteiger partial charge in [0.15, 0.2) is 6.29 Å². The van der Waals surface area contributed by atoms with Crippen molar-refractivity contribution in [1.82, 2.24) is 9.97 Å². The molecule has 1 aromatic rings. The van der Waals surface area contributed by atoms with E-state index in [2.05, 4.69) is 42.6 Å². The maximum atomic E-state index is 10.5. The van der Waals surface area contributed by atoms with Gasteiger partial charge in [-0.3, -0.25) is 4.79 Å². The number of nitrogens with zero attached hydrogens (tertiary/aromatic N) is 3.